The van der Waals surface area contributed by atoms with Crippen molar-refractivity contribution in [3.8, 4) is 17.2 Å². The molecule has 2 aromatic rings. The fourth-order valence-corrected chi connectivity index (χ4v) is 3.22. The van der Waals surface area contributed by atoms with Crippen LogP contribution in [0.1, 0.15) is 23.5 Å². The van der Waals surface area contributed by atoms with Crippen LogP contribution in [0.3, 0.4) is 0 Å². The van der Waals surface area contributed by atoms with Gasteiger partial charge < -0.3 is 24.9 Å². The molecule has 1 aliphatic heterocycles. The molecule has 0 radical (unpaired) electrons. The molecule has 1 unspecified atom stereocenters. The molecule has 8 nitrogen and oxygen atoms in total. The second kappa shape index (κ2) is 6.67. The number of amides is 1. The van der Waals surface area contributed by atoms with Crippen LogP contribution in [0.4, 0.5) is 5.82 Å². The lowest BCUT2D eigenvalue weighted by atomic mass is 9.86. The molecule has 0 aliphatic carbocycles. The van der Waals surface area contributed by atoms with Gasteiger partial charge in [0.1, 0.15) is 5.82 Å². The topological polar surface area (TPSA) is 114 Å². The van der Waals surface area contributed by atoms with E-state index in [9.17, 15) is 14.7 Å². The Morgan fingerprint density at radius 2 is 1.88 bits per heavy atom. The third-order valence-corrected chi connectivity index (χ3v) is 4.61. The van der Waals surface area contributed by atoms with E-state index in [0.717, 1.165) is 0 Å². The molecule has 0 bridgehead atoms. The maximum absolute atomic E-state index is 12.5. The molecular weight excluding hydrogens is 346 g/mol. The number of fused-ring (bicyclic) bond motifs is 1. The highest BCUT2D eigenvalue weighted by Crippen LogP contribution is 2.42. The summed E-state index contributed by atoms with van der Waals surface area (Å²) in [6.45, 7) is 0. The van der Waals surface area contributed by atoms with Gasteiger partial charge >= 0.3 is 0 Å². The normalized spacial score (nSPS) is 16.1. The van der Waals surface area contributed by atoms with Gasteiger partial charge in [0.05, 0.1) is 19.8 Å². The van der Waals surface area contributed by atoms with Gasteiger partial charge in [-0.1, -0.05) is 11.8 Å². The van der Waals surface area contributed by atoms with Crippen LogP contribution < -0.4 is 20.3 Å². The summed E-state index contributed by atoms with van der Waals surface area (Å²) in [6.07, 6.45) is 1.86. The van der Waals surface area contributed by atoms with Crippen molar-refractivity contribution in [3.05, 3.63) is 33.6 Å². The molecule has 1 aromatic heterocycles. The summed E-state index contributed by atoms with van der Waals surface area (Å²) in [6, 6.07) is 3.18. The van der Waals surface area contributed by atoms with Crippen LogP contribution in [-0.4, -0.2) is 41.5 Å². The first-order chi connectivity index (χ1) is 12.0. The predicted molar refractivity (Wildman–Crippen MR) is 92.9 cm³/mol. The fraction of sp³-hybridized carbons (Fsp3) is 0.312. The highest BCUT2D eigenvalue weighted by Gasteiger charge is 2.32. The van der Waals surface area contributed by atoms with E-state index < -0.39 is 5.92 Å². The number of rotatable bonds is 4. The zero-order valence-electron chi connectivity index (χ0n) is 13.9. The highest BCUT2D eigenvalue weighted by molar-refractivity contribution is 7.98. The Labute approximate surface area is 147 Å². The average molecular weight is 363 g/mol. The summed E-state index contributed by atoms with van der Waals surface area (Å²) in [5.74, 6) is -0.258. The van der Waals surface area contributed by atoms with Gasteiger partial charge in [-0.3, -0.25) is 9.59 Å². The Hall–Kier alpha value is -2.68. The number of thioether (sulfide) groups is 1. The molecule has 9 heteroatoms. The number of phenolic OH excluding ortho intramolecular Hbond substituents is 1. The number of aromatic hydroxyl groups is 1. The van der Waals surface area contributed by atoms with Crippen LogP contribution in [-0.2, 0) is 4.79 Å². The van der Waals surface area contributed by atoms with Crippen LogP contribution in [0.15, 0.2) is 22.1 Å². The standard InChI is InChI=1S/C16H17N3O5S/c1-23-9-4-7(5-10(24-2)13(9)21)8-6-11(20)17-14-12(8)15(22)19-16(18-14)25-3/h4-5,8,21H,6H2,1-3H3,(H2,17,18,19,20,22). The Morgan fingerprint density at radius 3 is 2.44 bits per heavy atom. The van der Waals surface area contributed by atoms with Crippen molar-refractivity contribution in [1.82, 2.24) is 9.97 Å². The molecular formula is C16H17N3O5S. The molecule has 1 atom stereocenters. The number of carbonyl (C=O) groups excluding carboxylic acids is 1. The van der Waals surface area contributed by atoms with Gasteiger partial charge in [0.2, 0.25) is 11.7 Å². The van der Waals surface area contributed by atoms with Crippen molar-refractivity contribution < 1.29 is 19.4 Å². The van der Waals surface area contributed by atoms with E-state index in [4.69, 9.17) is 9.47 Å². The molecule has 25 heavy (non-hydrogen) atoms. The van der Waals surface area contributed by atoms with Crippen LogP contribution in [0.25, 0.3) is 0 Å². The van der Waals surface area contributed by atoms with Gasteiger partial charge in [-0.2, -0.15) is 0 Å². The van der Waals surface area contributed by atoms with Gasteiger partial charge in [-0.15, -0.1) is 0 Å². The third-order valence-electron chi connectivity index (χ3n) is 4.03. The lowest BCUT2D eigenvalue weighted by molar-refractivity contribution is -0.116. The van der Waals surface area contributed by atoms with Gasteiger partial charge in [-0.25, -0.2) is 4.98 Å². The molecule has 0 saturated heterocycles. The maximum Gasteiger partial charge on any atom is 0.257 e. The molecule has 0 fully saturated rings. The lowest BCUT2D eigenvalue weighted by Crippen LogP contribution is -2.31. The number of hydrogen-bond donors (Lipinski definition) is 3. The number of aromatic amines is 1. The Balaban J connectivity index is 2.20. The van der Waals surface area contributed by atoms with Crippen molar-refractivity contribution in [3.63, 3.8) is 0 Å². The van der Waals surface area contributed by atoms with Gasteiger partial charge in [-0.05, 0) is 24.0 Å². The van der Waals surface area contributed by atoms with Crippen molar-refractivity contribution in [2.75, 3.05) is 25.8 Å². The molecule has 1 amide bonds. The molecule has 3 rings (SSSR count). The summed E-state index contributed by atoms with van der Waals surface area (Å²) in [7, 11) is 2.83. The first-order valence-electron chi connectivity index (χ1n) is 7.41. The zero-order chi connectivity index (χ0) is 18.1. The van der Waals surface area contributed by atoms with Gasteiger partial charge in [0, 0.05) is 12.3 Å². The fourth-order valence-electron chi connectivity index (χ4n) is 2.85. The number of phenols is 1. The summed E-state index contributed by atoms with van der Waals surface area (Å²) < 4.78 is 10.3. The number of hydrogen-bond acceptors (Lipinski definition) is 7. The maximum atomic E-state index is 12.5. The first-order valence-corrected chi connectivity index (χ1v) is 8.63. The summed E-state index contributed by atoms with van der Waals surface area (Å²) in [4.78, 5) is 31.6. The van der Waals surface area contributed by atoms with E-state index in [1.54, 1.807) is 18.4 Å². The monoisotopic (exact) mass is 363 g/mol. The molecule has 0 saturated carbocycles. The quantitative estimate of drug-likeness (QED) is 0.559. The summed E-state index contributed by atoms with van der Waals surface area (Å²) in [5, 5.41) is 13.1. The summed E-state index contributed by atoms with van der Waals surface area (Å²) in [5.41, 5.74) is 0.671. The molecule has 132 valence electrons. The number of ether oxygens (including phenoxy) is 2. The third kappa shape index (κ3) is 3.02. The SMILES string of the molecule is COc1cc(C2CC(=O)Nc3nc(SC)[nH]c(=O)c32)cc(OC)c1O. The lowest BCUT2D eigenvalue weighted by Gasteiger charge is -2.25. The van der Waals surface area contributed by atoms with E-state index >= 15 is 0 Å². The number of H-pyrrole nitrogens is 1. The Morgan fingerprint density at radius 1 is 1.24 bits per heavy atom. The van der Waals surface area contributed by atoms with Crippen LogP contribution in [0.5, 0.6) is 17.2 Å². The van der Waals surface area contributed by atoms with Crippen molar-refractivity contribution in [2.45, 2.75) is 17.5 Å². The molecule has 1 aliphatic rings. The summed E-state index contributed by atoms with van der Waals surface area (Å²) >= 11 is 1.28. The molecule has 3 N–H and O–H groups in total. The number of anilines is 1. The van der Waals surface area contributed by atoms with Crippen molar-refractivity contribution >= 4 is 23.5 Å². The van der Waals surface area contributed by atoms with E-state index in [1.807, 2.05) is 0 Å². The van der Waals surface area contributed by atoms with E-state index in [1.165, 1.54) is 26.0 Å². The molecule has 2 heterocycles. The number of nitrogens with zero attached hydrogens (tertiary/aromatic N) is 1. The van der Waals surface area contributed by atoms with E-state index in [-0.39, 0.29) is 41.0 Å². The number of nitrogens with one attached hydrogen (secondary N) is 2. The van der Waals surface area contributed by atoms with E-state index in [0.29, 0.717) is 16.3 Å². The second-order valence-corrected chi connectivity index (χ2v) is 6.21. The predicted octanol–water partition coefficient (Wildman–Crippen LogP) is 1.69. The smallest absolute Gasteiger partial charge is 0.257 e. The first kappa shape index (κ1) is 17.2. The van der Waals surface area contributed by atoms with Crippen molar-refractivity contribution in [2.24, 2.45) is 0 Å². The van der Waals surface area contributed by atoms with Crippen LogP contribution in [0.2, 0.25) is 0 Å². The largest absolute Gasteiger partial charge is 0.502 e. The highest BCUT2D eigenvalue weighted by atomic mass is 32.2. The Bertz CT molecular complexity index is 871. The number of aromatic nitrogens is 2. The van der Waals surface area contributed by atoms with E-state index in [2.05, 4.69) is 15.3 Å². The average Bonchev–Trinajstić information content (AvgIpc) is 2.60. The van der Waals surface area contributed by atoms with Gasteiger partial charge in [0.25, 0.3) is 5.56 Å². The zero-order valence-corrected chi connectivity index (χ0v) is 14.7. The van der Waals surface area contributed by atoms with Gasteiger partial charge in [0.15, 0.2) is 16.7 Å². The number of carbonyl (C=O) groups is 1. The molecule has 1 aromatic carbocycles. The minimum absolute atomic E-state index is 0.0768. The second-order valence-electron chi connectivity index (χ2n) is 5.42. The van der Waals surface area contributed by atoms with Crippen LogP contribution in [0, 0.1) is 0 Å². The Kier molecular flexibility index (Phi) is 4.58. The van der Waals surface area contributed by atoms with Crippen LogP contribution >= 0.6 is 11.8 Å². The number of methoxy groups -OCH3 is 2. The number of benzene rings is 1. The van der Waals surface area contributed by atoms with Crippen molar-refractivity contribution in [1.29, 1.82) is 0 Å². The minimum atomic E-state index is -0.528. The minimum Gasteiger partial charge on any atom is -0.502 e. The molecule has 0 spiro atoms.